The second kappa shape index (κ2) is 8.70. The molecule has 2 aromatic carbocycles. The number of aromatic nitrogens is 1. The summed E-state index contributed by atoms with van der Waals surface area (Å²) in [7, 11) is -3.71. The zero-order chi connectivity index (χ0) is 19.1. The molecule has 0 fully saturated rings. The summed E-state index contributed by atoms with van der Waals surface area (Å²) in [4.78, 5) is 17.0. The van der Waals surface area contributed by atoms with Crippen LogP contribution in [0.25, 0.3) is 0 Å². The van der Waals surface area contributed by atoms with E-state index >= 15 is 0 Å². The summed E-state index contributed by atoms with van der Waals surface area (Å²) in [5.41, 5.74) is 0.918. The molecule has 1 amide bonds. The molecule has 1 heterocycles. The van der Waals surface area contributed by atoms with Crippen molar-refractivity contribution in [3.63, 3.8) is 0 Å². The van der Waals surface area contributed by atoms with Gasteiger partial charge in [0.1, 0.15) is 0 Å². The predicted octanol–water partition coefficient (Wildman–Crippen LogP) is 3.61. The first kappa shape index (κ1) is 18.9. The third-order valence-electron chi connectivity index (χ3n) is 3.48. The van der Waals surface area contributed by atoms with Gasteiger partial charge in [0.2, 0.25) is 5.91 Å². The Bertz CT molecular complexity index is 993. The largest absolute Gasteiger partial charge is 0.325 e. The number of pyridine rings is 1. The number of carbonyl (C=O) groups excluding carboxylic acids is 1. The first-order valence-corrected chi connectivity index (χ1v) is 10.5. The van der Waals surface area contributed by atoms with Gasteiger partial charge in [-0.15, -0.1) is 11.8 Å². The van der Waals surface area contributed by atoms with E-state index in [1.807, 2.05) is 30.3 Å². The summed E-state index contributed by atoms with van der Waals surface area (Å²) in [5, 5.41) is 2.76. The number of hydrogen-bond donors (Lipinski definition) is 2. The molecule has 0 spiro atoms. The maximum Gasteiger partial charge on any atom is 0.261 e. The molecule has 27 heavy (non-hydrogen) atoms. The van der Waals surface area contributed by atoms with Gasteiger partial charge in [-0.05, 0) is 48.5 Å². The molecule has 0 saturated carbocycles. The summed E-state index contributed by atoms with van der Waals surface area (Å²) in [5.74, 6) is 0.111. The van der Waals surface area contributed by atoms with E-state index in [1.54, 1.807) is 30.5 Å². The highest BCUT2D eigenvalue weighted by molar-refractivity contribution is 8.00. The van der Waals surface area contributed by atoms with Crippen molar-refractivity contribution in [1.82, 2.24) is 4.98 Å². The van der Waals surface area contributed by atoms with Crippen LogP contribution in [0.15, 0.2) is 88.9 Å². The number of nitrogens with one attached hydrogen (secondary N) is 2. The van der Waals surface area contributed by atoms with Crippen LogP contribution in [0.5, 0.6) is 0 Å². The van der Waals surface area contributed by atoms with Crippen LogP contribution in [0.2, 0.25) is 0 Å². The van der Waals surface area contributed by atoms with Gasteiger partial charge in [0.15, 0.2) is 0 Å². The van der Waals surface area contributed by atoms with Crippen molar-refractivity contribution in [2.45, 2.75) is 9.79 Å². The van der Waals surface area contributed by atoms with Crippen LogP contribution >= 0.6 is 11.8 Å². The van der Waals surface area contributed by atoms with Crippen molar-refractivity contribution in [2.75, 3.05) is 15.8 Å². The molecule has 0 aliphatic heterocycles. The minimum Gasteiger partial charge on any atom is -0.325 e. The molecule has 1 aromatic heterocycles. The SMILES string of the molecule is O=C(CSc1ccccc1)Nc1ccc(S(=O)(=O)Nc2cccnc2)cc1. The number of benzene rings is 2. The van der Waals surface area contributed by atoms with Crippen molar-refractivity contribution in [3.8, 4) is 0 Å². The number of amides is 1. The maximum absolute atomic E-state index is 12.4. The molecule has 0 radical (unpaired) electrons. The number of carbonyl (C=O) groups is 1. The van der Waals surface area contributed by atoms with Gasteiger partial charge in [-0.2, -0.15) is 0 Å². The standard InChI is InChI=1S/C19H17N3O3S2/c23-19(14-26-17-6-2-1-3-7-17)21-15-8-10-18(11-9-15)27(24,25)22-16-5-4-12-20-13-16/h1-13,22H,14H2,(H,21,23). The maximum atomic E-state index is 12.4. The van der Waals surface area contributed by atoms with Crippen LogP contribution in [0, 0.1) is 0 Å². The van der Waals surface area contributed by atoms with Gasteiger partial charge in [0, 0.05) is 16.8 Å². The second-order valence-electron chi connectivity index (χ2n) is 5.52. The molecule has 0 atom stereocenters. The Morgan fingerprint density at radius 3 is 2.33 bits per heavy atom. The van der Waals surface area contributed by atoms with Crippen LogP contribution < -0.4 is 10.0 Å². The predicted molar refractivity (Wildman–Crippen MR) is 107 cm³/mol. The molecule has 0 bridgehead atoms. The molecule has 138 valence electrons. The van der Waals surface area contributed by atoms with Crippen LogP contribution in [0.3, 0.4) is 0 Å². The molecule has 3 aromatic rings. The summed E-state index contributed by atoms with van der Waals surface area (Å²) in [6, 6.07) is 18.9. The lowest BCUT2D eigenvalue weighted by Gasteiger charge is -2.09. The Kier molecular flexibility index (Phi) is 6.10. The minimum absolute atomic E-state index is 0.100. The number of thioether (sulfide) groups is 1. The molecule has 0 aliphatic carbocycles. The van der Waals surface area contributed by atoms with E-state index in [0.29, 0.717) is 11.4 Å². The zero-order valence-electron chi connectivity index (χ0n) is 14.2. The van der Waals surface area contributed by atoms with Crippen molar-refractivity contribution in [2.24, 2.45) is 0 Å². The Hall–Kier alpha value is -2.84. The number of nitrogens with zero attached hydrogens (tertiary/aromatic N) is 1. The normalized spacial score (nSPS) is 11.0. The second-order valence-corrected chi connectivity index (χ2v) is 8.25. The fourth-order valence-electron chi connectivity index (χ4n) is 2.22. The van der Waals surface area contributed by atoms with Crippen molar-refractivity contribution < 1.29 is 13.2 Å². The molecule has 0 aliphatic rings. The van der Waals surface area contributed by atoms with Gasteiger partial charge in [-0.25, -0.2) is 8.42 Å². The summed E-state index contributed by atoms with van der Waals surface area (Å²) >= 11 is 1.43. The van der Waals surface area contributed by atoms with E-state index in [2.05, 4.69) is 15.0 Å². The summed E-state index contributed by atoms with van der Waals surface area (Å²) < 4.78 is 27.2. The Labute approximate surface area is 162 Å². The van der Waals surface area contributed by atoms with Crippen LogP contribution in [-0.2, 0) is 14.8 Å². The van der Waals surface area contributed by atoms with Crippen LogP contribution in [0.4, 0.5) is 11.4 Å². The Morgan fingerprint density at radius 2 is 1.67 bits per heavy atom. The lowest BCUT2D eigenvalue weighted by atomic mass is 10.3. The van der Waals surface area contributed by atoms with Gasteiger partial charge in [0.05, 0.1) is 22.5 Å². The van der Waals surface area contributed by atoms with Gasteiger partial charge < -0.3 is 5.32 Å². The topological polar surface area (TPSA) is 88.2 Å². The molecule has 8 heteroatoms. The molecule has 2 N–H and O–H groups in total. The molecular formula is C19H17N3O3S2. The van der Waals surface area contributed by atoms with Gasteiger partial charge in [-0.1, -0.05) is 18.2 Å². The van der Waals surface area contributed by atoms with Gasteiger partial charge >= 0.3 is 0 Å². The Balaban J connectivity index is 1.59. The van der Waals surface area contributed by atoms with Crippen molar-refractivity contribution >= 4 is 39.1 Å². The third-order valence-corrected chi connectivity index (χ3v) is 5.88. The number of rotatable bonds is 7. The van der Waals surface area contributed by atoms with Gasteiger partial charge in [-0.3, -0.25) is 14.5 Å². The molecule has 3 rings (SSSR count). The van der Waals surface area contributed by atoms with E-state index in [0.717, 1.165) is 4.90 Å². The lowest BCUT2D eigenvalue weighted by Crippen LogP contribution is -2.15. The first-order chi connectivity index (χ1) is 13.0. The average Bonchev–Trinajstić information content (AvgIpc) is 2.68. The van der Waals surface area contributed by atoms with Crippen molar-refractivity contribution in [1.29, 1.82) is 0 Å². The van der Waals surface area contributed by atoms with E-state index < -0.39 is 10.0 Å². The highest BCUT2D eigenvalue weighted by atomic mass is 32.2. The number of sulfonamides is 1. The monoisotopic (exact) mass is 399 g/mol. The van der Waals surface area contributed by atoms with E-state index in [-0.39, 0.29) is 16.6 Å². The number of anilines is 2. The van der Waals surface area contributed by atoms with Crippen molar-refractivity contribution in [3.05, 3.63) is 79.1 Å². The van der Waals surface area contributed by atoms with Gasteiger partial charge in [0.25, 0.3) is 10.0 Å². The fourth-order valence-corrected chi connectivity index (χ4v) is 3.98. The highest BCUT2D eigenvalue weighted by Gasteiger charge is 2.14. The smallest absolute Gasteiger partial charge is 0.261 e. The van der Waals surface area contributed by atoms with E-state index in [1.165, 1.54) is 30.1 Å². The first-order valence-electron chi connectivity index (χ1n) is 8.03. The fraction of sp³-hybridized carbons (Fsp3) is 0.0526. The summed E-state index contributed by atoms with van der Waals surface area (Å²) in [6.07, 6.45) is 2.99. The quantitative estimate of drug-likeness (QED) is 0.593. The number of hydrogen-bond acceptors (Lipinski definition) is 5. The molecule has 0 saturated heterocycles. The minimum atomic E-state index is -3.71. The summed E-state index contributed by atoms with van der Waals surface area (Å²) in [6.45, 7) is 0. The molecule has 0 unspecified atom stereocenters. The third kappa shape index (κ3) is 5.57. The average molecular weight is 399 g/mol. The van der Waals surface area contributed by atoms with E-state index in [4.69, 9.17) is 0 Å². The lowest BCUT2D eigenvalue weighted by molar-refractivity contribution is -0.113. The molecular weight excluding hydrogens is 382 g/mol. The highest BCUT2D eigenvalue weighted by Crippen LogP contribution is 2.19. The molecule has 6 nitrogen and oxygen atoms in total. The Morgan fingerprint density at radius 1 is 0.926 bits per heavy atom. The van der Waals surface area contributed by atoms with Crippen LogP contribution in [0.1, 0.15) is 0 Å². The van der Waals surface area contributed by atoms with E-state index in [9.17, 15) is 13.2 Å². The zero-order valence-corrected chi connectivity index (χ0v) is 15.8. The van der Waals surface area contributed by atoms with Crippen LogP contribution in [-0.4, -0.2) is 25.1 Å².